The van der Waals surface area contributed by atoms with Crippen LogP contribution in [-0.4, -0.2) is 47.3 Å². The molecule has 1 aliphatic rings. The molecule has 1 heterocycles. The van der Waals surface area contributed by atoms with E-state index in [0.29, 0.717) is 19.6 Å². The molecular weight excluding hydrogens is 264 g/mol. The Labute approximate surface area is 126 Å². The SMILES string of the molecule is CCC1CN(C(=O)C(C)C)CCN1C(=O)c1ccccc1. The molecule has 114 valence electrons. The zero-order chi connectivity index (χ0) is 15.4. The van der Waals surface area contributed by atoms with Crippen LogP contribution < -0.4 is 0 Å². The standard InChI is InChI=1S/C17H24N2O2/c1-4-15-12-18(16(20)13(2)3)10-11-19(15)17(21)14-8-6-5-7-9-14/h5-9,13,15H,4,10-12H2,1-3H3. The van der Waals surface area contributed by atoms with Gasteiger partial charge < -0.3 is 9.80 Å². The Hall–Kier alpha value is -1.84. The fourth-order valence-corrected chi connectivity index (χ4v) is 2.78. The molecule has 0 spiro atoms. The van der Waals surface area contributed by atoms with Crippen molar-refractivity contribution < 1.29 is 9.59 Å². The molecule has 2 rings (SSSR count). The molecule has 1 fully saturated rings. The maximum Gasteiger partial charge on any atom is 0.254 e. The molecule has 4 heteroatoms. The number of rotatable bonds is 3. The van der Waals surface area contributed by atoms with Gasteiger partial charge in [0.25, 0.3) is 5.91 Å². The molecule has 1 aromatic rings. The summed E-state index contributed by atoms with van der Waals surface area (Å²) in [6.45, 7) is 7.80. The zero-order valence-corrected chi connectivity index (χ0v) is 13.1. The van der Waals surface area contributed by atoms with Gasteiger partial charge in [-0.15, -0.1) is 0 Å². The van der Waals surface area contributed by atoms with E-state index in [0.717, 1.165) is 12.0 Å². The molecule has 1 atom stereocenters. The average Bonchev–Trinajstić information content (AvgIpc) is 2.53. The number of piperazine rings is 1. The fraction of sp³-hybridized carbons (Fsp3) is 0.529. The summed E-state index contributed by atoms with van der Waals surface area (Å²) in [4.78, 5) is 28.5. The van der Waals surface area contributed by atoms with Crippen LogP contribution in [0.2, 0.25) is 0 Å². The Morgan fingerprint density at radius 3 is 2.43 bits per heavy atom. The smallest absolute Gasteiger partial charge is 0.254 e. The van der Waals surface area contributed by atoms with Gasteiger partial charge in [-0.25, -0.2) is 0 Å². The molecule has 1 aliphatic heterocycles. The number of amides is 2. The Kier molecular flexibility index (Phi) is 4.99. The number of hydrogen-bond acceptors (Lipinski definition) is 2. The molecule has 0 aliphatic carbocycles. The lowest BCUT2D eigenvalue weighted by Crippen LogP contribution is -2.57. The van der Waals surface area contributed by atoms with Crippen molar-refractivity contribution in [1.82, 2.24) is 9.80 Å². The highest BCUT2D eigenvalue weighted by Gasteiger charge is 2.32. The van der Waals surface area contributed by atoms with Gasteiger partial charge in [0.1, 0.15) is 0 Å². The van der Waals surface area contributed by atoms with Gasteiger partial charge in [0.2, 0.25) is 5.91 Å². The number of benzene rings is 1. The molecule has 1 unspecified atom stereocenters. The number of carbonyl (C=O) groups is 2. The lowest BCUT2D eigenvalue weighted by Gasteiger charge is -2.41. The second-order valence-corrected chi connectivity index (χ2v) is 5.87. The Bertz CT molecular complexity index is 499. The molecule has 21 heavy (non-hydrogen) atoms. The molecule has 0 saturated carbocycles. The summed E-state index contributed by atoms with van der Waals surface area (Å²) in [6.07, 6.45) is 0.862. The van der Waals surface area contributed by atoms with Crippen LogP contribution in [-0.2, 0) is 4.79 Å². The summed E-state index contributed by atoms with van der Waals surface area (Å²) in [7, 11) is 0. The van der Waals surface area contributed by atoms with Gasteiger partial charge >= 0.3 is 0 Å². The summed E-state index contributed by atoms with van der Waals surface area (Å²) < 4.78 is 0. The van der Waals surface area contributed by atoms with Gasteiger partial charge in [-0.2, -0.15) is 0 Å². The van der Waals surface area contributed by atoms with Crippen LogP contribution in [0.5, 0.6) is 0 Å². The van der Waals surface area contributed by atoms with Gasteiger partial charge in [-0.05, 0) is 18.6 Å². The van der Waals surface area contributed by atoms with Crippen molar-refractivity contribution >= 4 is 11.8 Å². The van der Waals surface area contributed by atoms with E-state index in [1.54, 1.807) is 0 Å². The van der Waals surface area contributed by atoms with E-state index in [1.165, 1.54) is 0 Å². The highest BCUT2D eigenvalue weighted by atomic mass is 16.2. The first-order valence-corrected chi connectivity index (χ1v) is 7.69. The second-order valence-electron chi connectivity index (χ2n) is 5.87. The molecular formula is C17H24N2O2. The molecule has 0 radical (unpaired) electrons. The summed E-state index contributed by atoms with van der Waals surface area (Å²) in [6, 6.07) is 9.47. The predicted octanol–water partition coefficient (Wildman–Crippen LogP) is 2.41. The van der Waals surface area contributed by atoms with Gasteiger partial charge in [-0.1, -0.05) is 39.0 Å². The van der Waals surface area contributed by atoms with Crippen molar-refractivity contribution in [3.63, 3.8) is 0 Å². The normalized spacial score (nSPS) is 19.0. The number of nitrogens with zero attached hydrogens (tertiary/aromatic N) is 2. The summed E-state index contributed by atoms with van der Waals surface area (Å²) in [5.41, 5.74) is 0.722. The van der Waals surface area contributed by atoms with E-state index in [2.05, 4.69) is 6.92 Å². The first-order valence-electron chi connectivity index (χ1n) is 7.69. The van der Waals surface area contributed by atoms with Gasteiger partial charge in [0, 0.05) is 37.2 Å². The summed E-state index contributed by atoms with van der Waals surface area (Å²) >= 11 is 0. The topological polar surface area (TPSA) is 40.6 Å². The molecule has 0 aromatic heterocycles. The van der Waals surface area contributed by atoms with E-state index in [-0.39, 0.29) is 23.8 Å². The maximum absolute atomic E-state index is 12.6. The maximum atomic E-state index is 12.6. The monoisotopic (exact) mass is 288 g/mol. The number of hydrogen-bond donors (Lipinski definition) is 0. The quantitative estimate of drug-likeness (QED) is 0.857. The van der Waals surface area contributed by atoms with Crippen LogP contribution in [0.3, 0.4) is 0 Å². The van der Waals surface area contributed by atoms with Crippen LogP contribution >= 0.6 is 0 Å². The molecule has 1 aromatic carbocycles. The van der Waals surface area contributed by atoms with Crippen molar-refractivity contribution in [2.75, 3.05) is 19.6 Å². The van der Waals surface area contributed by atoms with E-state index >= 15 is 0 Å². The predicted molar refractivity (Wildman–Crippen MR) is 83.0 cm³/mol. The van der Waals surface area contributed by atoms with Crippen molar-refractivity contribution in [3.05, 3.63) is 35.9 Å². The lowest BCUT2D eigenvalue weighted by atomic mass is 10.1. The minimum Gasteiger partial charge on any atom is -0.339 e. The Morgan fingerprint density at radius 2 is 1.86 bits per heavy atom. The lowest BCUT2D eigenvalue weighted by molar-refractivity contribution is -0.137. The van der Waals surface area contributed by atoms with Gasteiger partial charge in [0.05, 0.1) is 0 Å². The molecule has 2 amide bonds. The van der Waals surface area contributed by atoms with E-state index in [4.69, 9.17) is 0 Å². The molecule has 4 nitrogen and oxygen atoms in total. The first kappa shape index (κ1) is 15.5. The van der Waals surface area contributed by atoms with Crippen LogP contribution in [0.4, 0.5) is 0 Å². The summed E-state index contributed by atoms with van der Waals surface area (Å²) in [5.74, 6) is 0.262. The molecule has 1 saturated heterocycles. The van der Waals surface area contributed by atoms with Crippen LogP contribution in [0.1, 0.15) is 37.6 Å². The van der Waals surface area contributed by atoms with E-state index < -0.39 is 0 Å². The molecule has 0 N–H and O–H groups in total. The van der Waals surface area contributed by atoms with E-state index in [9.17, 15) is 9.59 Å². The average molecular weight is 288 g/mol. The highest BCUT2D eigenvalue weighted by Crippen LogP contribution is 2.18. The second kappa shape index (κ2) is 6.74. The fourth-order valence-electron chi connectivity index (χ4n) is 2.78. The van der Waals surface area contributed by atoms with Crippen LogP contribution in [0, 0.1) is 5.92 Å². The Balaban J connectivity index is 2.09. The van der Waals surface area contributed by atoms with Crippen LogP contribution in [0.25, 0.3) is 0 Å². The molecule has 0 bridgehead atoms. The highest BCUT2D eigenvalue weighted by molar-refractivity contribution is 5.94. The minimum absolute atomic E-state index is 0.0129. The van der Waals surface area contributed by atoms with Gasteiger partial charge in [-0.3, -0.25) is 9.59 Å². The third kappa shape index (κ3) is 3.43. The Morgan fingerprint density at radius 1 is 1.19 bits per heavy atom. The van der Waals surface area contributed by atoms with Crippen LogP contribution in [0.15, 0.2) is 30.3 Å². The van der Waals surface area contributed by atoms with Crippen molar-refractivity contribution in [2.45, 2.75) is 33.2 Å². The zero-order valence-electron chi connectivity index (χ0n) is 13.1. The third-order valence-electron chi connectivity index (χ3n) is 4.04. The summed E-state index contributed by atoms with van der Waals surface area (Å²) in [5, 5.41) is 0. The van der Waals surface area contributed by atoms with Crippen molar-refractivity contribution in [2.24, 2.45) is 5.92 Å². The third-order valence-corrected chi connectivity index (χ3v) is 4.04. The van der Waals surface area contributed by atoms with Crippen molar-refractivity contribution in [1.29, 1.82) is 0 Å². The number of carbonyl (C=O) groups excluding carboxylic acids is 2. The largest absolute Gasteiger partial charge is 0.339 e. The van der Waals surface area contributed by atoms with Gasteiger partial charge in [0.15, 0.2) is 0 Å². The first-order chi connectivity index (χ1) is 10.0. The van der Waals surface area contributed by atoms with Crippen molar-refractivity contribution in [3.8, 4) is 0 Å². The van der Waals surface area contributed by atoms with E-state index in [1.807, 2.05) is 54.0 Å². The minimum atomic E-state index is 0.0129.